The van der Waals surface area contributed by atoms with Gasteiger partial charge in [0.1, 0.15) is 6.17 Å². The molecule has 0 unspecified atom stereocenters. The third-order valence-corrected chi connectivity index (χ3v) is 3.31. The Morgan fingerprint density at radius 1 is 1.18 bits per heavy atom. The second-order valence-electron chi connectivity index (χ2n) is 4.10. The molecule has 1 saturated heterocycles. The normalized spacial score (nSPS) is 45.0. The van der Waals surface area contributed by atoms with Crippen LogP contribution in [0.15, 0.2) is 0 Å². The Balaban J connectivity index is 1.94. The summed E-state index contributed by atoms with van der Waals surface area (Å²) in [6.45, 7) is 2.29. The molecule has 64 valence electrons. The van der Waals surface area contributed by atoms with Crippen LogP contribution in [-0.4, -0.2) is 19.3 Å². The quantitative estimate of drug-likeness (QED) is 0.566. The lowest BCUT2D eigenvalue weighted by Crippen LogP contribution is -2.30. The van der Waals surface area contributed by atoms with Gasteiger partial charge in [-0.15, -0.1) is 0 Å². The van der Waals surface area contributed by atoms with Crippen molar-refractivity contribution in [2.75, 3.05) is 13.1 Å². The number of halogens is 1. The lowest BCUT2D eigenvalue weighted by Gasteiger charge is -2.33. The number of hydrogen-bond donors (Lipinski definition) is 1. The van der Waals surface area contributed by atoms with E-state index in [2.05, 4.69) is 5.32 Å². The maximum absolute atomic E-state index is 12.8. The van der Waals surface area contributed by atoms with Crippen molar-refractivity contribution in [3.8, 4) is 0 Å². The van der Waals surface area contributed by atoms with Crippen LogP contribution >= 0.6 is 0 Å². The van der Waals surface area contributed by atoms with E-state index in [1.807, 2.05) is 0 Å². The molecule has 1 aliphatic heterocycles. The van der Waals surface area contributed by atoms with E-state index in [4.69, 9.17) is 0 Å². The van der Waals surface area contributed by atoms with Crippen molar-refractivity contribution < 1.29 is 4.39 Å². The Morgan fingerprint density at radius 3 is 2.45 bits per heavy atom. The average Bonchev–Trinajstić information content (AvgIpc) is 2.45. The Labute approximate surface area is 67.4 Å². The highest BCUT2D eigenvalue weighted by Crippen LogP contribution is 2.41. The minimum atomic E-state index is -0.499. The van der Waals surface area contributed by atoms with Crippen molar-refractivity contribution in [3.63, 3.8) is 0 Å². The third-order valence-electron chi connectivity index (χ3n) is 3.31. The van der Waals surface area contributed by atoms with E-state index >= 15 is 0 Å². The smallest absolute Gasteiger partial charge is 0.100 e. The topological polar surface area (TPSA) is 12.0 Å². The predicted molar refractivity (Wildman–Crippen MR) is 43.3 cm³/mol. The van der Waals surface area contributed by atoms with Crippen LogP contribution in [0.4, 0.5) is 4.39 Å². The van der Waals surface area contributed by atoms with Crippen molar-refractivity contribution in [3.05, 3.63) is 0 Å². The molecule has 2 aliphatic rings. The molecule has 2 rings (SSSR count). The average molecular weight is 157 g/mol. The second kappa shape index (κ2) is 2.74. The van der Waals surface area contributed by atoms with Gasteiger partial charge in [0.05, 0.1) is 0 Å². The van der Waals surface area contributed by atoms with Crippen molar-refractivity contribution in [1.29, 1.82) is 0 Å². The molecule has 1 N–H and O–H groups in total. The van der Waals surface area contributed by atoms with Crippen LogP contribution in [0, 0.1) is 5.41 Å². The fourth-order valence-corrected chi connectivity index (χ4v) is 2.42. The zero-order valence-electron chi connectivity index (χ0n) is 6.91. The molecule has 2 heteroatoms. The summed E-state index contributed by atoms with van der Waals surface area (Å²) in [5, 5.41) is 3.38. The summed E-state index contributed by atoms with van der Waals surface area (Å²) < 4.78 is 12.8. The first-order chi connectivity index (χ1) is 5.31. The second-order valence-corrected chi connectivity index (χ2v) is 4.10. The highest BCUT2D eigenvalue weighted by Gasteiger charge is 2.37. The van der Waals surface area contributed by atoms with Gasteiger partial charge in [-0.25, -0.2) is 4.39 Å². The summed E-state index contributed by atoms with van der Waals surface area (Å²) in [7, 11) is 0. The van der Waals surface area contributed by atoms with Crippen LogP contribution in [0.2, 0.25) is 0 Å². The van der Waals surface area contributed by atoms with Crippen molar-refractivity contribution in [2.45, 2.75) is 38.3 Å². The fourth-order valence-electron chi connectivity index (χ4n) is 2.42. The van der Waals surface area contributed by atoms with Crippen LogP contribution in [0.25, 0.3) is 0 Å². The van der Waals surface area contributed by atoms with E-state index in [0.29, 0.717) is 5.41 Å². The first-order valence-electron chi connectivity index (χ1n) is 4.66. The van der Waals surface area contributed by atoms with Gasteiger partial charge in [-0.1, -0.05) is 0 Å². The lowest BCUT2D eigenvalue weighted by atomic mass is 9.73. The molecule has 0 aromatic carbocycles. The largest absolute Gasteiger partial charge is 0.316 e. The summed E-state index contributed by atoms with van der Waals surface area (Å²) in [4.78, 5) is 0. The van der Waals surface area contributed by atoms with Crippen molar-refractivity contribution in [1.82, 2.24) is 5.32 Å². The molecular formula is C9H16FN. The molecule has 0 amide bonds. The van der Waals surface area contributed by atoms with E-state index in [1.54, 1.807) is 0 Å². The molecule has 11 heavy (non-hydrogen) atoms. The van der Waals surface area contributed by atoms with E-state index in [1.165, 1.54) is 6.42 Å². The molecule has 0 aromatic rings. The van der Waals surface area contributed by atoms with Crippen LogP contribution in [-0.2, 0) is 0 Å². The Hall–Kier alpha value is -0.110. The molecule has 1 saturated carbocycles. The van der Waals surface area contributed by atoms with Gasteiger partial charge in [0.25, 0.3) is 0 Å². The molecule has 1 heterocycles. The molecule has 0 radical (unpaired) electrons. The van der Waals surface area contributed by atoms with Gasteiger partial charge in [0.2, 0.25) is 0 Å². The van der Waals surface area contributed by atoms with Gasteiger partial charge < -0.3 is 5.32 Å². The minimum Gasteiger partial charge on any atom is -0.316 e. The van der Waals surface area contributed by atoms with Gasteiger partial charge in [-0.2, -0.15) is 0 Å². The number of alkyl halides is 1. The minimum absolute atomic E-state index is 0.499. The number of hydrogen-bond acceptors (Lipinski definition) is 1. The molecule has 1 nitrogen and oxygen atoms in total. The Kier molecular flexibility index (Phi) is 1.88. The third kappa shape index (κ3) is 1.41. The summed E-state index contributed by atoms with van der Waals surface area (Å²) >= 11 is 0. The number of nitrogens with one attached hydrogen (secondary N) is 1. The molecule has 0 aromatic heterocycles. The molecule has 0 atom stereocenters. The van der Waals surface area contributed by atoms with E-state index in [9.17, 15) is 4.39 Å². The van der Waals surface area contributed by atoms with Gasteiger partial charge in [-0.05, 0) is 44.1 Å². The summed E-state index contributed by atoms with van der Waals surface area (Å²) in [5.74, 6) is 0. The van der Waals surface area contributed by atoms with Crippen LogP contribution in [0.5, 0.6) is 0 Å². The zero-order chi connectivity index (χ0) is 7.73. The van der Waals surface area contributed by atoms with E-state index < -0.39 is 6.17 Å². The van der Waals surface area contributed by atoms with Crippen LogP contribution in [0.1, 0.15) is 32.1 Å². The zero-order valence-corrected chi connectivity index (χ0v) is 6.91. The number of rotatable bonds is 0. The first kappa shape index (κ1) is 7.53. The Morgan fingerprint density at radius 2 is 1.91 bits per heavy atom. The van der Waals surface area contributed by atoms with Crippen LogP contribution in [0.3, 0.4) is 0 Å². The van der Waals surface area contributed by atoms with Gasteiger partial charge in [0.15, 0.2) is 0 Å². The molecule has 0 bridgehead atoms. The molecule has 1 spiro atoms. The summed E-state index contributed by atoms with van der Waals surface area (Å²) in [5.41, 5.74) is 0.503. The summed E-state index contributed by atoms with van der Waals surface area (Å²) in [6.07, 6.45) is 4.62. The predicted octanol–water partition coefficient (Wildman–Crippen LogP) is 1.88. The molecule has 1 aliphatic carbocycles. The monoisotopic (exact) mass is 157 g/mol. The van der Waals surface area contributed by atoms with E-state index in [-0.39, 0.29) is 0 Å². The molecule has 2 fully saturated rings. The highest BCUT2D eigenvalue weighted by atomic mass is 19.1. The van der Waals surface area contributed by atoms with Gasteiger partial charge in [0, 0.05) is 6.54 Å². The van der Waals surface area contributed by atoms with Crippen molar-refractivity contribution in [2.24, 2.45) is 5.41 Å². The van der Waals surface area contributed by atoms with Crippen molar-refractivity contribution >= 4 is 0 Å². The first-order valence-corrected chi connectivity index (χ1v) is 4.66. The molecular weight excluding hydrogens is 141 g/mol. The lowest BCUT2D eigenvalue weighted by molar-refractivity contribution is 0.138. The van der Waals surface area contributed by atoms with E-state index in [0.717, 1.165) is 38.8 Å². The summed E-state index contributed by atoms with van der Waals surface area (Å²) in [6, 6.07) is 0. The highest BCUT2D eigenvalue weighted by molar-refractivity contribution is 4.91. The van der Waals surface area contributed by atoms with Gasteiger partial charge in [-0.3, -0.25) is 0 Å². The fraction of sp³-hybridized carbons (Fsp3) is 1.00. The maximum atomic E-state index is 12.8. The van der Waals surface area contributed by atoms with Gasteiger partial charge >= 0.3 is 0 Å². The maximum Gasteiger partial charge on any atom is 0.100 e. The SMILES string of the molecule is FC1CCC2(CCNC2)CC1. The van der Waals surface area contributed by atoms with Crippen LogP contribution < -0.4 is 5.32 Å². The Bertz CT molecular complexity index is 130. The standard InChI is InChI=1S/C9H16FN/c10-8-1-3-9(4-2-8)5-6-11-7-9/h8,11H,1-7H2.